The van der Waals surface area contributed by atoms with Gasteiger partial charge in [-0.3, -0.25) is 4.79 Å². The molecule has 26 heavy (non-hydrogen) atoms. The van der Waals surface area contributed by atoms with Crippen LogP contribution in [0.5, 0.6) is 5.75 Å². The van der Waals surface area contributed by atoms with E-state index in [1.165, 1.54) is 12.4 Å². The number of nitrogens with zero attached hydrogens (tertiary/aromatic N) is 3. The van der Waals surface area contributed by atoms with Crippen molar-refractivity contribution >= 4 is 17.4 Å². The molecule has 1 aromatic heterocycles. The number of anilines is 2. The lowest BCUT2D eigenvalue weighted by Crippen LogP contribution is -2.27. The van der Waals surface area contributed by atoms with Gasteiger partial charge < -0.3 is 15.0 Å². The molecule has 0 unspecified atom stereocenters. The van der Waals surface area contributed by atoms with Gasteiger partial charge in [0.1, 0.15) is 17.3 Å². The fourth-order valence-electron chi connectivity index (χ4n) is 2.51. The van der Waals surface area contributed by atoms with Crippen LogP contribution in [0.4, 0.5) is 11.5 Å². The van der Waals surface area contributed by atoms with Gasteiger partial charge in [-0.25, -0.2) is 9.97 Å². The maximum absolute atomic E-state index is 12.5. The highest BCUT2D eigenvalue weighted by Crippen LogP contribution is 2.25. The fraction of sp³-hybridized carbons (Fsp3) is 0.150. The summed E-state index contributed by atoms with van der Waals surface area (Å²) in [6.07, 6.45) is 3.01. The number of hydrogen-bond acceptors (Lipinski definition) is 5. The van der Waals surface area contributed by atoms with E-state index >= 15 is 0 Å². The molecule has 0 aliphatic heterocycles. The number of aromatic nitrogens is 2. The van der Waals surface area contributed by atoms with Crippen LogP contribution >= 0.6 is 0 Å². The molecule has 6 nitrogen and oxygen atoms in total. The number of carbonyl (C=O) groups is 1. The van der Waals surface area contributed by atoms with Crippen LogP contribution in [0.2, 0.25) is 0 Å². The van der Waals surface area contributed by atoms with Crippen molar-refractivity contribution in [3.63, 3.8) is 0 Å². The summed E-state index contributed by atoms with van der Waals surface area (Å²) in [5.41, 5.74) is 2.14. The van der Waals surface area contributed by atoms with Gasteiger partial charge in [-0.1, -0.05) is 42.5 Å². The van der Waals surface area contributed by atoms with Gasteiger partial charge in [-0.05, 0) is 17.7 Å². The third-order valence-electron chi connectivity index (χ3n) is 3.85. The van der Waals surface area contributed by atoms with E-state index in [2.05, 4.69) is 15.3 Å². The lowest BCUT2D eigenvalue weighted by atomic mass is 10.2. The highest BCUT2D eigenvalue weighted by atomic mass is 16.5. The average Bonchev–Trinajstić information content (AvgIpc) is 2.69. The number of methoxy groups -OCH3 is 1. The Morgan fingerprint density at radius 1 is 1.04 bits per heavy atom. The summed E-state index contributed by atoms with van der Waals surface area (Å²) in [4.78, 5) is 22.6. The maximum atomic E-state index is 12.5. The van der Waals surface area contributed by atoms with E-state index in [-0.39, 0.29) is 5.91 Å². The van der Waals surface area contributed by atoms with Gasteiger partial charge in [-0.2, -0.15) is 0 Å². The summed E-state index contributed by atoms with van der Waals surface area (Å²) >= 11 is 0. The molecule has 132 valence electrons. The van der Waals surface area contributed by atoms with E-state index in [0.717, 1.165) is 11.3 Å². The van der Waals surface area contributed by atoms with Crippen molar-refractivity contribution in [1.29, 1.82) is 0 Å². The molecular weight excluding hydrogens is 328 g/mol. The van der Waals surface area contributed by atoms with Gasteiger partial charge in [0.15, 0.2) is 0 Å². The van der Waals surface area contributed by atoms with E-state index in [4.69, 9.17) is 4.74 Å². The zero-order valence-electron chi connectivity index (χ0n) is 14.7. The van der Waals surface area contributed by atoms with Gasteiger partial charge in [0.05, 0.1) is 25.2 Å². The highest BCUT2D eigenvalue weighted by molar-refractivity contribution is 5.91. The van der Waals surface area contributed by atoms with Crippen molar-refractivity contribution in [1.82, 2.24) is 14.9 Å². The first-order chi connectivity index (χ1) is 12.7. The molecule has 0 saturated heterocycles. The predicted molar refractivity (Wildman–Crippen MR) is 101 cm³/mol. The van der Waals surface area contributed by atoms with Crippen LogP contribution in [0.25, 0.3) is 0 Å². The van der Waals surface area contributed by atoms with Gasteiger partial charge in [0.25, 0.3) is 5.91 Å². The van der Waals surface area contributed by atoms with Crippen LogP contribution in [-0.4, -0.2) is 34.9 Å². The SMILES string of the molecule is COc1ccccc1Nc1cnc(C(=O)N(C)Cc2ccccc2)cn1. The Kier molecular flexibility index (Phi) is 5.43. The minimum absolute atomic E-state index is 0.176. The first-order valence-electron chi connectivity index (χ1n) is 8.19. The second-order valence-electron chi connectivity index (χ2n) is 5.76. The van der Waals surface area contributed by atoms with Crippen LogP contribution < -0.4 is 10.1 Å². The molecule has 1 N–H and O–H groups in total. The first kappa shape index (κ1) is 17.4. The Labute approximate surface area is 152 Å². The topological polar surface area (TPSA) is 67.3 Å². The van der Waals surface area contributed by atoms with Crippen molar-refractivity contribution in [2.75, 3.05) is 19.5 Å². The predicted octanol–water partition coefficient (Wildman–Crippen LogP) is 3.50. The molecule has 6 heteroatoms. The first-order valence-corrected chi connectivity index (χ1v) is 8.19. The van der Waals surface area contributed by atoms with Crippen molar-refractivity contribution in [3.8, 4) is 5.75 Å². The zero-order chi connectivity index (χ0) is 18.4. The molecule has 0 fully saturated rings. The van der Waals surface area contributed by atoms with Gasteiger partial charge in [0, 0.05) is 13.6 Å². The fourth-order valence-corrected chi connectivity index (χ4v) is 2.51. The van der Waals surface area contributed by atoms with Crippen LogP contribution in [0.15, 0.2) is 67.0 Å². The summed E-state index contributed by atoms with van der Waals surface area (Å²) < 4.78 is 5.30. The molecule has 3 rings (SSSR count). The van der Waals surface area contributed by atoms with Gasteiger partial charge >= 0.3 is 0 Å². The Hall–Kier alpha value is -3.41. The number of hydrogen-bond donors (Lipinski definition) is 1. The molecule has 0 aliphatic carbocycles. The van der Waals surface area contributed by atoms with Crippen LogP contribution in [0.1, 0.15) is 16.1 Å². The molecule has 3 aromatic rings. The van der Waals surface area contributed by atoms with Gasteiger partial charge in [0.2, 0.25) is 0 Å². The summed E-state index contributed by atoms with van der Waals surface area (Å²) in [5.74, 6) is 1.07. The second kappa shape index (κ2) is 8.11. The molecule has 1 amide bonds. The molecule has 0 aliphatic rings. The number of nitrogens with one attached hydrogen (secondary N) is 1. The summed E-state index contributed by atoms with van der Waals surface area (Å²) in [6, 6.07) is 17.3. The van der Waals surface area contributed by atoms with Crippen molar-refractivity contribution in [2.45, 2.75) is 6.54 Å². The highest BCUT2D eigenvalue weighted by Gasteiger charge is 2.14. The molecular formula is C20H20N4O2. The third kappa shape index (κ3) is 4.16. The largest absolute Gasteiger partial charge is 0.495 e. The van der Waals surface area contributed by atoms with Gasteiger partial charge in [-0.15, -0.1) is 0 Å². The number of benzene rings is 2. The zero-order valence-corrected chi connectivity index (χ0v) is 14.7. The number of para-hydroxylation sites is 2. The number of amides is 1. The molecule has 0 atom stereocenters. The van der Waals surface area contributed by atoms with E-state index in [1.54, 1.807) is 19.1 Å². The summed E-state index contributed by atoms with van der Waals surface area (Å²) in [5, 5.41) is 3.14. The van der Waals surface area contributed by atoms with E-state index in [0.29, 0.717) is 23.8 Å². The third-order valence-corrected chi connectivity index (χ3v) is 3.85. The Morgan fingerprint density at radius 3 is 2.46 bits per heavy atom. The Balaban J connectivity index is 1.68. The normalized spacial score (nSPS) is 10.2. The molecule has 0 bridgehead atoms. The molecule has 0 saturated carbocycles. The molecule has 0 spiro atoms. The maximum Gasteiger partial charge on any atom is 0.274 e. The second-order valence-corrected chi connectivity index (χ2v) is 5.76. The summed E-state index contributed by atoms with van der Waals surface area (Å²) in [6.45, 7) is 0.516. The van der Waals surface area contributed by atoms with Crippen molar-refractivity contribution in [3.05, 3.63) is 78.2 Å². The Morgan fingerprint density at radius 2 is 1.77 bits per heavy atom. The average molecular weight is 348 g/mol. The Bertz CT molecular complexity index is 866. The van der Waals surface area contributed by atoms with E-state index in [9.17, 15) is 4.79 Å². The number of ether oxygens (including phenoxy) is 1. The molecule has 0 radical (unpaired) electrons. The lowest BCUT2D eigenvalue weighted by Gasteiger charge is -2.17. The van der Waals surface area contributed by atoms with Crippen LogP contribution in [0.3, 0.4) is 0 Å². The monoisotopic (exact) mass is 348 g/mol. The number of carbonyl (C=O) groups excluding carboxylic acids is 1. The van der Waals surface area contributed by atoms with E-state index < -0.39 is 0 Å². The molecule has 1 heterocycles. The van der Waals surface area contributed by atoms with Crippen LogP contribution in [0, 0.1) is 0 Å². The minimum Gasteiger partial charge on any atom is -0.495 e. The lowest BCUT2D eigenvalue weighted by molar-refractivity contribution is 0.0779. The van der Waals surface area contributed by atoms with E-state index in [1.807, 2.05) is 54.6 Å². The van der Waals surface area contributed by atoms with Crippen LogP contribution in [-0.2, 0) is 6.54 Å². The van der Waals surface area contributed by atoms with Crippen molar-refractivity contribution < 1.29 is 9.53 Å². The smallest absolute Gasteiger partial charge is 0.274 e. The standard InChI is InChI=1S/C20H20N4O2/c1-24(14-15-8-4-3-5-9-15)20(25)17-12-22-19(13-21-17)23-16-10-6-7-11-18(16)26-2/h3-13H,14H2,1-2H3,(H,22,23). The quantitative estimate of drug-likeness (QED) is 0.738. The minimum atomic E-state index is -0.176. The van der Waals surface area contributed by atoms with Crippen molar-refractivity contribution in [2.24, 2.45) is 0 Å². The number of rotatable bonds is 6. The summed E-state index contributed by atoms with van der Waals surface area (Å²) in [7, 11) is 3.36. The molecule has 2 aromatic carbocycles.